The lowest BCUT2D eigenvalue weighted by atomic mass is 10.1. The van der Waals surface area contributed by atoms with Crippen LogP contribution in [0.25, 0.3) is 11.4 Å². The van der Waals surface area contributed by atoms with Crippen molar-refractivity contribution in [3.8, 4) is 11.4 Å². The number of aryl methyl sites for hydroxylation is 2. The zero-order chi connectivity index (χ0) is 24.5. The van der Waals surface area contributed by atoms with Crippen molar-refractivity contribution in [1.29, 1.82) is 0 Å². The topological polar surface area (TPSA) is 61.4 Å². The van der Waals surface area contributed by atoms with Crippen molar-refractivity contribution >= 4 is 17.5 Å². The van der Waals surface area contributed by atoms with Gasteiger partial charge in [-0.2, -0.15) is 13.2 Å². The predicted molar refractivity (Wildman–Crippen MR) is 126 cm³/mol. The minimum Gasteiger partial charge on any atom is -0.353 e. The highest BCUT2D eigenvalue weighted by Crippen LogP contribution is 2.31. The van der Waals surface area contributed by atoms with Crippen molar-refractivity contribution < 1.29 is 18.0 Å². The maximum atomic E-state index is 12.9. The van der Waals surface area contributed by atoms with Crippen molar-refractivity contribution in [2.45, 2.75) is 26.9 Å². The highest BCUT2D eigenvalue weighted by atomic mass is 19.4. The van der Waals surface area contributed by atoms with Crippen LogP contribution in [0.3, 0.4) is 0 Å². The van der Waals surface area contributed by atoms with Crippen LogP contribution in [-0.2, 0) is 6.18 Å². The van der Waals surface area contributed by atoms with Gasteiger partial charge in [-0.25, -0.2) is 14.8 Å². The number of aromatic nitrogens is 2. The highest BCUT2D eigenvalue weighted by molar-refractivity contribution is 5.89. The number of carbonyl (C=O) groups is 1. The maximum absolute atomic E-state index is 12.9. The van der Waals surface area contributed by atoms with Crippen molar-refractivity contribution in [3.63, 3.8) is 0 Å². The largest absolute Gasteiger partial charge is 0.416 e. The van der Waals surface area contributed by atoms with Crippen LogP contribution < -0.4 is 10.2 Å². The third-order valence-corrected chi connectivity index (χ3v) is 5.95. The minimum absolute atomic E-state index is 0.118. The first kappa shape index (κ1) is 23.5. The van der Waals surface area contributed by atoms with Gasteiger partial charge in [-0.3, -0.25) is 0 Å². The number of rotatable bonds is 3. The second kappa shape index (κ2) is 9.32. The summed E-state index contributed by atoms with van der Waals surface area (Å²) in [5, 5.41) is 2.58. The first-order valence-corrected chi connectivity index (χ1v) is 11.0. The van der Waals surface area contributed by atoms with Gasteiger partial charge in [-0.1, -0.05) is 29.8 Å². The quantitative estimate of drug-likeness (QED) is 0.555. The number of alkyl halides is 3. The van der Waals surface area contributed by atoms with Gasteiger partial charge in [0.1, 0.15) is 5.82 Å². The summed E-state index contributed by atoms with van der Waals surface area (Å²) < 4.78 is 38.8. The molecule has 34 heavy (non-hydrogen) atoms. The van der Waals surface area contributed by atoms with Crippen LogP contribution >= 0.6 is 0 Å². The molecule has 2 amide bonds. The zero-order valence-corrected chi connectivity index (χ0v) is 19.3. The third kappa shape index (κ3) is 5.13. The molecule has 1 aliphatic heterocycles. The Hall–Kier alpha value is -3.62. The second-order valence-electron chi connectivity index (χ2n) is 8.43. The van der Waals surface area contributed by atoms with Gasteiger partial charge < -0.3 is 15.1 Å². The average molecular weight is 470 g/mol. The van der Waals surface area contributed by atoms with E-state index in [1.165, 1.54) is 12.1 Å². The Balaban J connectivity index is 1.45. The number of urea groups is 1. The van der Waals surface area contributed by atoms with Crippen molar-refractivity contribution in [3.05, 3.63) is 70.9 Å². The van der Waals surface area contributed by atoms with E-state index in [0.29, 0.717) is 32.0 Å². The molecule has 0 bridgehead atoms. The van der Waals surface area contributed by atoms with Crippen molar-refractivity contribution in [1.82, 2.24) is 14.9 Å². The number of hydrogen-bond donors (Lipinski definition) is 1. The molecule has 6 nitrogen and oxygen atoms in total. The number of amides is 2. The minimum atomic E-state index is -4.46. The van der Waals surface area contributed by atoms with E-state index in [9.17, 15) is 18.0 Å². The number of nitrogens with one attached hydrogen (secondary N) is 1. The van der Waals surface area contributed by atoms with E-state index in [4.69, 9.17) is 4.98 Å². The Bertz CT molecular complexity index is 1200. The van der Waals surface area contributed by atoms with Crippen LogP contribution in [0.15, 0.2) is 48.5 Å². The molecule has 0 spiro atoms. The van der Waals surface area contributed by atoms with E-state index in [1.807, 2.05) is 45.0 Å². The molecular formula is C25H26F3N5O. The molecule has 0 unspecified atom stereocenters. The van der Waals surface area contributed by atoms with Crippen LogP contribution in [0.5, 0.6) is 0 Å². The first-order chi connectivity index (χ1) is 16.1. The van der Waals surface area contributed by atoms with E-state index in [-0.39, 0.29) is 5.69 Å². The van der Waals surface area contributed by atoms with Crippen LogP contribution in [0.1, 0.15) is 22.4 Å². The van der Waals surface area contributed by atoms with Crippen LogP contribution in [0.2, 0.25) is 0 Å². The number of halogens is 3. The van der Waals surface area contributed by atoms with E-state index in [1.54, 1.807) is 4.90 Å². The van der Waals surface area contributed by atoms with Crippen LogP contribution in [0.4, 0.5) is 29.5 Å². The summed E-state index contributed by atoms with van der Waals surface area (Å²) in [5.41, 5.74) is 3.27. The van der Waals surface area contributed by atoms with Gasteiger partial charge >= 0.3 is 12.2 Å². The number of carbonyl (C=O) groups excluding carboxylic acids is 1. The summed E-state index contributed by atoms with van der Waals surface area (Å²) in [7, 11) is 0. The molecule has 2 heterocycles. The molecular weight excluding hydrogens is 443 g/mol. The van der Waals surface area contributed by atoms with Gasteiger partial charge in [0.05, 0.1) is 5.56 Å². The summed E-state index contributed by atoms with van der Waals surface area (Å²) in [6.07, 6.45) is -4.46. The van der Waals surface area contributed by atoms with Gasteiger partial charge in [0.25, 0.3) is 0 Å². The lowest BCUT2D eigenvalue weighted by Gasteiger charge is -2.36. The van der Waals surface area contributed by atoms with Gasteiger partial charge in [0, 0.05) is 48.7 Å². The van der Waals surface area contributed by atoms with Gasteiger partial charge in [0.15, 0.2) is 5.82 Å². The van der Waals surface area contributed by atoms with E-state index in [0.717, 1.165) is 40.3 Å². The number of anilines is 2. The lowest BCUT2D eigenvalue weighted by Crippen LogP contribution is -2.50. The SMILES string of the molecule is Cc1cccc(-c2nc(C)c(C)c(N3CCN(C(=O)Nc4cccc(C(F)(F)F)c4)CC3)n2)c1. The number of hydrogen-bond acceptors (Lipinski definition) is 4. The maximum Gasteiger partial charge on any atom is 0.416 e. The highest BCUT2D eigenvalue weighted by Gasteiger charge is 2.31. The molecule has 4 rings (SSSR count). The molecule has 1 N–H and O–H groups in total. The Morgan fingerprint density at radius 3 is 2.32 bits per heavy atom. The molecule has 178 valence electrons. The van der Waals surface area contributed by atoms with Crippen LogP contribution in [0, 0.1) is 20.8 Å². The fourth-order valence-electron chi connectivity index (χ4n) is 3.93. The Morgan fingerprint density at radius 2 is 1.65 bits per heavy atom. The fourth-order valence-corrected chi connectivity index (χ4v) is 3.93. The predicted octanol–water partition coefficient (Wildman–Crippen LogP) is 5.44. The zero-order valence-electron chi connectivity index (χ0n) is 19.3. The summed E-state index contributed by atoms with van der Waals surface area (Å²) in [6, 6.07) is 12.3. The molecule has 9 heteroatoms. The fraction of sp³-hybridized carbons (Fsp3) is 0.320. The Morgan fingerprint density at radius 1 is 0.941 bits per heavy atom. The lowest BCUT2D eigenvalue weighted by molar-refractivity contribution is -0.137. The monoisotopic (exact) mass is 469 g/mol. The summed E-state index contributed by atoms with van der Waals surface area (Å²) in [4.78, 5) is 25.9. The first-order valence-electron chi connectivity index (χ1n) is 11.0. The summed E-state index contributed by atoms with van der Waals surface area (Å²) in [5.74, 6) is 1.49. The molecule has 1 saturated heterocycles. The molecule has 0 atom stereocenters. The summed E-state index contributed by atoms with van der Waals surface area (Å²) >= 11 is 0. The van der Waals surface area contributed by atoms with Gasteiger partial charge in [0.2, 0.25) is 0 Å². The molecule has 1 aromatic heterocycles. The summed E-state index contributed by atoms with van der Waals surface area (Å²) in [6.45, 7) is 7.92. The standard InChI is InChI=1S/C25H26F3N5O/c1-16-6-4-7-19(14-16)22-29-18(3)17(2)23(31-22)32-10-12-33(13-11-32)24(34)30-21-9-5-8-20(15-21)25(26,27)28/h4-9,14-15H,10-13H2,1-3H3,(H,30,34). The molecule has 1 aliphatic rings. The van der Waals surface area contributed by atoms with E-state index >= 15 is 0 Å². The van der Waals surface area contributed by atoms with E-state index in [2.05, 4.69) is 15.2 Å². The van der Waals surface area contributed by atoms with Crippen molar-refractivity contribution in [2.24, 2.45) is 0 Å². The van der Waals surface area contributed by atoms with E-state index < -0.39 is 17.8 Å². The molecule has 3 aromatic rings. The van der Waals surface area contributed by atoms with Crippen molar-refractivity contribution in [2.75, 3.05) is 36.4 Å². The average Bonchev–Trinajstić information content (AvgIpc) is 2.80. The number of nitrogens with zero attached hydrogens (tertiary/aromatic N) is 4. The number of benzene rings is 2. The van der Waals surface area contributed by atoms with Gasteiger partial charge in [-0.05, 0) is 45.0 Å². The Labute approximate surface area is 196 Å². The molecule has 0 aliphatic carbocycles. The third-order valence-electron chi connectivity index (χ3n) is 5.95. The molecule has 2 aromatic carbocycles. The Kier molecular flexibility index (Phi) is 6.45. The molecule has 0 radical (unpaired) electrons. The molecule has 0 saturated carbocycles. The van der Waals surface area contributed by atoms with Gasteiger partial charge in [-0.15, -0.1) is 0 Å². The number of piperazine rings is 1. The van der Waals surface area contributed by atoms with Crippen LogP contribution in [-0.4, -0.2) is 47.1 Å². The smallest absolute Gasteiger partial charge is 0.353 e. The normalized spacial score (nSPS) is 14.3. The second-order valence-corrected chi connectivity index (χ2v) is 8.43. The molecule has 1 fully saturated rings.